The molecule has 9 rings (SSSR count). The van der Waals surface area contributed by atoms with E-state index < -0.39 is 29.8 Å². The number of halogens is 2. The Labute approximate surface area is 326 Å². The van der Waals surface area contributed by atoms with E-state index in [9.17, 15) is 19.2 Å². The number of carbonyl (C=O) groups excluding carboxylic acids is 2. The lowest BCUT2D eigenvalue weighted by molar-refractivity contribution is -0.135. The topological polar surface area (TPSA) is 133 Å². The van der Waals surface area contributed by atoms with Gasteiger partial charge in [-0.05, 0) is 73.4 Å². The molecule has 2 amide bonds. The largest absolute Gasteiger partial charge is 0.496 e. The fourth-order valence-corrected chi connectivity index (χ4v) is 9.49. The molecule has 1 saturated carbocycles. The van der Waals surface area contributed by atoms with Gasteiger partial charge >= 0.3 is 5.69 Å². The second-order valence-electron chi connectivity index (χ2n) is 16.2. The van der Waals surface area contributed by atoms with Crippen LogP contribution in [0.2, 0.25) is 0 Å². The number of rotatable bonds is 8. The SMILES string of the molecule is COc1cc(-c2cn(C)c(=O)c3cnc(C4CC4)cc23)cc(OC)c1CN1CC(F)(F)C2(CCN(c3cccc4c3n(C)c(=O)n4C3CCC(=O)NC3=O)CC2)C1. The number of alkyl halides is 2. The molecule has 6 heterocycles. The number of likely N-dealkylation sites (tertiary alicyclic amines) is 1. The van der Waals surface area contributed by atoms with Crippen LogP contribution in [0.1, 0.15) is 61.7 Å². The van der Waals surface area contributed by atoms with Crippen LogP contribution >= 0.6 is 0 Å². The van der Waals surface area contributed by atoms with Crippen LogP contribution in [0.5, 0.6) is 11.5 Å². The number of imidazole rings is 1. The number of piperidine rings is 2. The van der Waals surface area contributed by atoms with Gasteiger partial charge in [0.15, 0.2) is 0 Å². The van der Waals surface area contributed by atoms with Crippen LogP contribution in [0.4, 0.5) is 14.5 Å². The molecule has 4 fully saturated rings. The number of ether oxygens (including phenoxy) is 2. The fraction of sp³-hybridized carbons (Fsp3) is 0.452. The number of methoxy groups -OCH3 is 2. The molecule has 3 aliphatic heterocycles. The zero-order valence-corrected chi connectivity index (χ0v) is 32.4. The predicted octanol–water partition coefficient (Wildman–Crippen LogP) is 4.86. The second kappa shape index (κ2) is 13.5. The van der Waals surface area contributed by atoms with E-state index in [2.05, 4.69) is 15.2 Å². The first kappa shape index (κ1) is 37.0. The Balaban J connectivity index is 0.976. The molecule has 2 aromatic carbocycles. The normalized spacial score (nSPS) is 20.8. The van der Waals surface area contributed by atoms with Crippen LogP contribution < -0.4 is 30.9 Å². The highest BCUT2D eigenvalue weighted by Crippen LogP contribution is 2.52. The lowest BCUT2D eigenvalue weighted by Crippen LogP contribution is -2.49. The summed E-state index contributed by atoms with van der Waals surface area (Å²) in [6.07, 6.45) is 6.45. The number of fused-ring (bicyclic) bond motifs is 2. The van der Waals surface area contributed by atoms with E-state index >= 15 is 8.78 Å². The van der Waals surface area contributed by atoms with E-state index in [0.29, 0.717) is 52.5 Å². The van der Waals surface area contributed by atoms with Crippen LogP contribution in [-0.2, 0) is 30.2 Å². The van der Waals surface area contributed by atoms with E-state index in [-0.39, 0.29) is 55.9 Å². The Morgan fingerprint density at radius 2 is 1.65 bits per heavy atom. The van der Waals surface area contributed by atoms with Gasteiger partial charge in [0, 0.05) is 76.3 Å². The number of aromatic nitrogens is 4. The number of pyridine rings is 2. The summed E-state index contributed by atoms with van der Waals surface area (Å²) in [6, 6.07) is 10.4. The monoisotopic (exact) mass is 781 g/mol. The summed E-state index contributed by atoms with van der Waals surface area (Å²) in [7, 11) is 6.47. The van der Waals surface area contributed by atoms with Gasteiger partial charge in [-0.1, -0.05) is 6.07 Å². The number of aryl methyl sites for hydroxylation is 2. The maximum atomic E-state index is 16.3. The summed E-state index contributed by atoms with van der Waals surface area (Å²) in [4.78, 5) is 59.6. The summed E-state index contributed by atoms with van der Waals surface area (Å²) in [6.45, 7) is 0.661. The minimum atomic E-state index is -2.96. The summed E-state index contributed by atoms with van der Waals surface area (Å²) in [5.74, 6) is -2.43. The maximum Gasteiger partial charge on any atom is 0.329 e. The fourth-order valence-electron chi connectivity index (χ4n) is 9.49. The average molecular weight is 782 g/mol. The molecule has 1 unspecified atom stereocenters. The Morgan fingerprint density at radius 3 is 2.32 bits per heavy atom. The number of para-hydroxylation sites is 1. The molecular formula is C42H45F2N7O6. The minimum absolute atomic E-state index is 0.136. The highest BCUT2D eigenvalue weighted by atomic mass is 19.3. The zero-order chi connectivity index (χ0) is 40.0. The lowest BCUT2D eigenvalue weighted by Gasteiger charge is -2.43. The van der Waals surface area contributed by atoms with Crippen molar-refractivity contribution < 1.29 is 27.8 Å². The number of nitrogens with one attached hydrogen (secondary N) is 1. The van der Waals surface area contributed by atoms with Gasteiger partial charge in [0.1, 0.15) is 17.5 Å². The number of carbonyl (C=O) groups is 2. The molecule has 298 valence electrons. The van der Waals surface area contributed by atoms with Gasteiger partial charge in [-0.15, -0.1) is 0 Å². The Hall–Kier alpha value is -5.57. The van der Waals surface area contributed by atoms with Crippen molar-refractivity contribution in [1.82, 2.24) is 28.9 Å². The highest BCUT2D eigenvalue weighted by Gasteiger charge is 2.60. The first-order chi connectivity index (χ1) is 27.3. The van der Waals surface area contributed by atoms with Gasteiger partial charge < -0.3 is 18.9 Å². The third-order valence-electron chi connectivity index (χ3n) is 12.8. The van der Waals surface area contributed by atoms with Gasteiger partial charge in [-0.3, -0.25) is 38.7 Å². The number of anilines is 1. The number of amides is 2. The van der Waals surface area contributed by atoms with E-state index in [4.69, 9.17) is 9.47 Å². The molecule has 1 aliphatic carbocycles. The van der Waals surface area contributed by atoms with E-state index in [0.717, 1.165) is 40.7 Å². The van der Waals surface area contributed by atoms with Gasteiger partial charge in [0.05, 0.1) is 53.8 Å². The summed E-state index contributed by atoms with van der Waals surface area (Å²) in [5, 5.41) is 3.65. The lowest BCUT2D eigenvalue weighted by atomic mass is 9.75. The molecule has 0 radical (unpaired) electrons. The molecule has 1 spiro atoms. The second-order valence-corrected chi connectivity index (χ2v) is 16.2. The van der Waals surface area contributed by atoms with Gasteiger partial charge in [-0.2, -0.15) is 0 Å². The molecule has 15 heteroatoms. The summed E-state index contributed by atoms with van der Waals surface area (Å²) < 4.78 is 48.9. The molecule has 1 atom stereocenters. The first-order valence-electron chi connectivity index (χ1n) is 19.5. The molecule has 3 saturated heterocycles. The van der Waals surface area contributed by atoms with Gasteiger partial charge in [0.2, 0.25) is 11.8 Å². The van der Waals surface area contributed by atoms with Crippen LogP contribution in [-0.4, -0.2) is 81.7 Å². The van der Waals surface area contributed by atoms with Crippen LogP contribution in [0.3, 0.4) is 0 Å². The van der Waals surface area contributed by atoms with E-state index in [1.54, 1.807) is 56.2 Å². The van der Waals surface area contributed by atoms with Crippen molar-refractivity contribution in [1.29, 1.82) is 0 Å². The average Bonchev–Trinajstić information content (AvgIpc) is 3.98. The third kappa shape index (κ3) is 6.00. The van der Waals surface area contributed by atoms with Gasteiger partial charge in [-0.25, -0.2) is 13.6 Å². The van der Waals surface area contributed by atoms with E-state index in [1.165, 1.54) is 9.13 Å². The number of hydrogen-bond acceptors (Lipinski definition) is 9. The quantitative estimate of drug-likeness (QED) is 0.219. The Bertz CT molecular complexity index is 2580. The van der Waals surface area contributed by atoms with Crippen molar-refractivity contribution in [3.63, 3.8) is 0 Å². The Kier molecular flexibility index (Phi) is 8.79. The maximum absolute atomic E-state index is 16.3. The first-order valence-corrected chi connectivity index (χ1v) is 19.5. The molecule has 5 aromatic rings. The molecule has 13 nitrogen and oxygen atoms in total. The molecular weight excluding hydrogens is 737 g/mol. The standard InChI is InChI=1S/C42H45F2N7O6/c1-47-20-28(26-18-30(24-8-9-24)45-19-27(26)39(47)54)25-16-34(56-3)29(35(17-25)57-4)21-49-22-41(42(43,44)23-49)12-14-50(15-13-41)31-6-5-7-32-37(31)48(2)40(55)51(32)33-10-11-36(52)46-38(33)53/h5-7,16-20,24,33H,8-15,21-23H2,1-4H3,(H,46,52,53). The summed E-state index contributed by atoms with van der Waals surface area (Å²) in [5.41, 5.74) is 3.38. The van der Waals surface area contributed by atoms with Crippen molar-refractivity contribution in [2.45, 2.75) is 63.0 Å². The van der Waals surface area contributed by atoms with Crippen LogP contribution in [0.15, 0.2) is 58.4 Å². The smallest absolute Gasteiger partial charge is 0.329 e. The number of hydrogen-bond donors (Lipinski definition) is 1. The van der Waals surface area contributed by atoms with Crippen molar-refractivity contribution in [2.75, 3.05) is 45.3 Å². The van der Waals surface area contributed by atoms with Crippen molar-refractivity contribution in [3.05, 3.63) is 80.9 Å². The highest BCUT2D eigenvalue weighted by molar-refractivity contribution is 6.00. The minimum Gasteiger partial charge on any atom is -0.496 e. The molecule has 57 heavy (non-hydrogen) atoms. The molecule has 3 aromatic heterocycles. The van der Waals surface area contributed by atoms with Crippen molar-refractivity contribution >= 4 is 39.3 Å². The molecule has 1 N–H and O–H groups in total. The zero-order valence-electron chi connectivity index (χ0n) is 32.4. The number of imide groups is 1. The van der Waals surface area contributed by atoms with Crippen LogP contribution in [0.25, 0.3) is 32.9 Å². The third-order valence-corrected chi connectivity index (χ3v) is 12.8. The van der Waals surface area contributed by atoms with Crippen LogP contribution in [0, 0.1) is 5.41 Å². The Morgan fingerprint density at radius 1 is 0.930 bits per heavy atom. The van der Waals surface area contributed by atoms with Gasteiger partial charge in [0.25, 0.3) is 11.5 Å². The van der Waals surface area contributed by atoms with Crippen molar-refractivity contribution in [3.8, 4) is 22.6 Å². The predicted molar refractivity (Wildman–Crippen MR) is 210 cm³/mol. The van der Waals surface area contributed by atoms with E-state index in [1.807, 2.05) is 30.3 Å². The number of nitrogens with zero attached hydrogens (tertiary/aromatic N) is 6. The number of benzene rings is 2. The summed E-state index contributed by atoms with van der Waals surface area (Å²) >= 11 is 0. The van der Waals surface area contributed by atoms with Crippen molar-refractivity contribution in [2.24, 2.45) is 19.5 Å². The molecule has 0 bridgehead atoms. The molecule has 4 aliphatic rings.